The molecule has 4 nitrogen and oxygen atoms in total. The zero-order valence-corrected chi connectivity index (χ0v) is 16.1. The number of ether oxygens (including phenoxy) is 1. The van der Waals surface area contributed by atoms with Crippen LogP contribution in [0.15, 0.2) is 36.4 Å². The van der Waals surface area contributed by atoms with E-state index in [1.165, 1.54) is 6.08 Å². The van der Waals surface area contributed by atoms with E-state index in [1.54, 1.807) is 17.9 Å². The Morgan fingerprint density at radius 1 is 1.35 bits per heavy atom. The van der Waals surface area contributed by atoms with Crippen molar-refractivity contribution in [3.05, 3.63) is 40.0 Å². The monoisotopic (exact) mass is 429 g/mol. The second-order valence-electron chi connectivity index (χ2n) is 5.34. The van der Waals surface area contributed by atoms with Crippen molar-refractivity contribution in [2.45, 2.75) is 33.1 Å². The molecule has 23 heavy (non-hydrogen) atoms. The number of amides is 1. The zero-order valence-electron chi connectivity index (χ0n) is 13.9. The van der Waals surface area contributed by atoms with Gasteiger partial charge in [0.05, 0.1) is 12.3 Å². The summed E-state index contributed by atoms with van der Waals surface area (Å²) in [7, 11) is 1.82. The van der Waals surface area contributed by atoms with E-state index in [1.807, 2.05) is 38.2 Å². The maximum absolute atomic E-state index is 12.5. The van der Waals surface area contributed by atoms with Crippen LogP contribution in [-0.2, 0) is 14.3 Å². The van der Waals surface area contributed by atoms with E-state index in [0.717, 1.165) is 28.5 Å². The van der Waals surface area contributed by atoms with Crippen LogP contribution in [0.1, 0.15) is 33.1 Å². The molecule has 0 heterocycles. The molecule has 0 saturated heterocycles. The SMILES string of the molecule is CCOC(=O)/C=C/CCCC(C)C(=O)N(C)c1ccccc1I. The van der Waals surface area contributed by atoms with Gasteiger partial charge in [0, 0.05) is 22.6 Å². The van der Waals surface area contributed by atoms with Crippen molar-refractivity contribution >= 4 is 40.2 Å². The van der Waals surface area contributed by atoms with Crippen molar-refractivity contribution < 1.29 is 14.3 Å². The Bertz CT molecular complexity index is 557. The van der Waals surface area contributed by atoms with Gasteiger partial charge in [-0.2, -0.15) is 0 Å². The van der Waals surface area contributed by atoms with Crippen LogP contribution in [0.2, 0.25) is 0 Å². The van der Waals surface area contributed by atoms with E-state index >= 15 is 0 Å². The third-order valence-electron chi connectivity index (χ3n) is 3.51. The number of para-hydroxylation sites is 1. The van der Waals surface area contributed by atoms with E-state index in [-0.39, 0.29) is 17.8 Å². The predicted molar refractivity (Wildman–Crippen MR) is 101 cm³/mol. The summed E-state index contributed by atoms with van der Waals surface area (Å²) < 4.78 is 5.87. The first-order chi connectivity index (χ1) is 11.0. The minimum absolute atomic E-state index is 0.0491. The standard InChI is InChI=1S/C18H24INO3/c1-4-23-17(21)13-7-5-6-10-14(2)18(22)20(3)16-12-9-8-11-15(16)19/h7-9,11-14H,4-6,10H2,1-3H3/b13-7+. The van der Waals surface area contributed by atoms with Crippen molar-refractivity contribution in [2.75, 3.05) is 18.6 Å². The highest BCUT2D eigenvalue weighted by molar-refractivity contribution is 14.1. The summed E-state index contributed by atoms with van der Waals surface area (Å²) in [5, 5.41) is 0. The minimum Gasteiger partial charge on any atom is -0.463 e. The van der Waals surface area contributed by atoms with Crippen molar-refractivity contribution in [1.29, 1.82) is 0 Å². The molecule has 5 heteroatoms. The Balaban J connectivity index is 2.42. The van der Waals surface area contributed by atoms with Crippen LogP contribution in [0.5, 0.6) is 0 Å². The van der Waals surface area contributed by atoms with Crippen molar-refractivity contribution in [1.82, 2.24) is 0 Å². The Morgan fingerprint density at radius 3 is 2.70 bits per heavy atom. The molecule has 1 aromatic carbocycles. The molecule has 0 saturated carbocycles. The van der Waals surface area contributed by atoms with E-state index in [4.69, 9.17) is 4.74 Å². The second kappa shape index (κ2) is 10.4. The van der Waals surface area contributed by atoms with Gasteiger partial charge in [0.15, 0.2) is 0 Å². The molecule has 1 amide bonds. The van der Waals surface area contributed by atoms with Gasteiger partial charge < -0.3 is 9.64 Å². The fraction of sp³-hybridized carbons (Fsp3) is 0.444. The summed E-state index contributed by atoms with van der Waals surface area (Å²) in [6.07, 6.45) is 5.68. The van der Waals surface area contributed by atoms with Crippen molar-refractivity contribution in [2.24, 2.45) is 5.92 Å². The van der Waals surface area contributed by atoms with Crippen LogP contribution in [0.25, 0.3) is 0 Å². The summed E-state index contributed by atoms with van der Waals surface area (Å²) in [4.78, 5) is 25.4. The van der Waals surface area contributed by atoms with Crippen molar-refractivity contribution in [3.8, 4) is 0 Å². The highest BCUT2D eigenvalue weighted by atomic mass is 127. The van der Waals surface area contributed by atoms with Gasteiger partial charge in [-0.05, 0) is 60.9 Å². The number of esters is 1. The molecule has 0 aliphatic heterocycles. The molecular weight excluding hydrogens is 405 g/mol. The van der Waals surface area contributed by atoms with Gasteiger partial charge in [0.2, 0.25) is 5.91 Å². The number of benzene rings is 1. The first-order valence-corrected chi connectivity index (χ1v) is 8.90. The van der Waals surface area contributed by atoms with Gasteiger partial charge in [0.1, 0.15) is 0 Å². The maximum Gasteiger partial charge on any atom is 0.330 e. The van der Waals surface area contributed by atoms with Crippen LogP contribution in [-0.4, -0.2) is 25.5 Å². The Kier molecular flexibility index (Phi) is 8.91. The predicted octanol–water partition coefficient (Wildman–Crippen LogP) is 4.18. The molecule has 0 N–H and O–H groups in total. The number of unbranched alkanes of at least 4 members (excludes halogenated alkanes) is 1. The third-order valence-corrected chi connectivity index (χ3v) is 4.43. The number of rotatable bonds is 8. The Hall–Kier alpha value is -1.37. The smallest absolute Gasteiger partial charge is 0.330 e. The topological polar surface area (TPSA) is 46.6 Å². The quantitative estimate of drug-likeness (QED) is 0.270. The Labute approximate surface area is 152 Å². The number of anilines is 1. The van der Waals surface area contributed by atoms with Crippen LogP contribution in [0.4, 0.5) is 5.69 Å². The van der Waals surface area contributed by atoms with E-state index in [0.29, 0.717) is 6.61 Å². The highest BCUT2D eigenvalue weighted by Gasteiger charge is 2.19. The molecular formula is C18H24INO3. The zero-order chi connectivity index (χ0) is 17.2. The number of carbonyl (C=O) groups is 2. The average molecular weight is 429 g/mol. The highest BCUT2D eigenvalue weighted by Crippen LogP contribution is 2.23. The molecule has 0 aromatic heterocycles. The summed E-state index contributed by atoms with van der Waals surface area (Å²) in [5.41, 5.74) is 0.937. The number of hydrogen-bond donors (Lipinski definition) is 0. The molecule has 0 fully saturated rings. The normalized spacial score (nSPS) is 12.2. The molecule has 0 aliphatic carbocycles. The molecule has 0 radical (unpaired) electrons. The van der Waals surface area contributed by atoms with E-state index < -0.39 is 0 Å². The number of allylic oxidation sites excluding steroid dienone is 1. The van der Waals surface area contributed by atoms with E-state index in [9.17, 15) is 9.59 Å². The van der Waals surface area contributed by atoms with Gasteiger partial charge in [-0.1, -0.05) is 25.1 Å². The van der Waals surface area contributed by atoms with Gasteiger partial charge in [-0.15, -0.1) is 0 Å². The third kappa shape index (κ3) is 6.72. The van der Waals surface area contributed by atoms with Gasteiger partial charge in [0.25, 0.3) is 0 Å². The van der Waals surface area contributed by atoms with Crippen LogP contribution >= 0.6 is 22.6 Å². The summed E-state index contributed by atoms with van der Waals surface area (Å²) in [6.45, 7) is 4.12. The molecule has 126 valence electrons. The number of nitrogens with zero attached hydrogens (tertiary/aromatic N) is 1. The number of carbonyl (C=O) groups excluding carboxylic acids is 2. The summed E-state index contributed by atoms with van der Waals surface area (Å²) in [5.74, 6) is -0.245. The maximum atomic E-state index is 12.5. The molecule has 0 bridgehead atoms. The molecule has 1 aromatic rings. The van der Waals surface area contributed by atoms with Gasteiger partial charge >= 0.3 is 5.97 Å². The van der Waals surface area contributed by atoms with E-state index in [2.05, 4.69) is 22.6 Å². The van der Waals surface area contributed by atoms with Crippen LogP contribution in [0.3, 0.4) is 0 Å². The first kappa shape index (κ1) is 19.7. The lowest BCUT2D eigenvalue weighted by Gasteiger charge is -2.22. The van der Waals surface area contributed by atoms with Gasteiger partial charge in [-0.3, -0.25) is 4.79 Å². The first-order valence-electron chi connectivity index (χ1n) is 7.82. The summed E-state index contributed by atoms with van der Waals surface area (Å²) in [6, 6.07) is 7.84. The molecule has 1 atom stereocenters. The second-order valence-corrected chi connectivity index (χ2v) is 6.50. The number of hydrogen-bond acceptors (Lipinski definition) is 3. The largest absolute Gasteiger partial charge is 0.463 e. The minimum atomic E-state index is -0.310. The van der Waals surface area contributed by atoms with Gasteiger partial charge in [-0.25, -0.2) is 4.79 Å². The lowest BCUT2D eigenvalue weighted by molar-refractivity contribution is -0.137. The fourth-order valence-electron chi connectivity index (χ4n) is 2.21. The van der Waals surface area contributed by atoms with Crippen LogP contribution in [0, 0.1) is 9.49 Å². The average Bonchev–Trinajstić information content (AvgIpc) is 2.53. The lowest BCUT2D eigenvalue weighted by atomic mass is 10.0. The lowest BCUT2D eigenvalue weighted by Crippen LogP contribution is -2.32. The summed E-state index contributed by atoms with van der Waals surface area (Å²) >= 11 is 2.24. The Morgan fingerprint density at radius 2 is 2.04 bits per heavy atom. The molecule has 0 spiro atoms. The fourth-order valence-corrected chi connectivity index (χ4v) is 2.96. The molecule has 1 unspecified atom stereocenters. The van der Waals surface area contributed by atoms with Crippen LogP contribution < -0.4 is 4.90 Å². The molecule has 1 rings (SSSR count). The van der Waals surface area contributed by atoms with Crippen molar-refractivity contribution in [3.63, 3.8) is 0 Å². The molecule has 0 aliphatic rings. The number of halogens is 1.